The van der Waals surface area contributed by atoms with Gasteiger partial charge in [0.25, 0.3) is 11.7 Å². The molecule has 4 nitrogen and oxygen atoms in total. The van der Waals surface area contributed by atoms with Crippen LogP contribution in [0, 0.1) is 0 Å². The van der Waals surface area contributed by atoms with Crippen molar-refractivity contribution in [2.24, 2.45) is 0 Å². The van der Waals surface area contributed by atoms with Crippen LogP contribution in [0.2, 0.25) is 0 Å². The van der Waals surface area contributed by atoms with Gasteiger partial charge >= 0.3 is 0 Å². The summed E-state index contributed by atoms with van der Waals surface area (Å²) in [6, 6.07) is 6.01. The van der Waals surface area contributed by atoms with Crippen molar-refractivity contribution < 1.29 is 9.59 Å². The summed E-state index contributed by atoms with van der Waals surface area (Å²) in [5.41, 5.74) is 3.17. The molecule has 2 rings (SSSR count). The SMILES string of the molecule is C=C(CNC(C)C)CN1C(=O)C(=O)c2cc(CC)ccc21. The predicted octanol–water partition coefficient (Wildman–Crippen LogP) is 2.33. The van der Waals surface area contributed by atoms with Crippen LogP contribution in [0.5, 0.6) is 0 Å². The molecule has 112 valence electrons. The van der Waals surface area contributed by atoms with Crippen LogP contribution >= 0.6 is 0 Å². The highest BCUT2D eigenvalue weighted by Crippen LogP contribution is 2.30. The van der Waals surface area contributed by atoms with Gasteiger partial charge < -0.3 is 10.2 Å². The molecule has 1 N–H and O–H groups in total. The number of benzene rings is 1. The second kappa shape index (κ2) is 6.22. The number of nitrogens with one attached hydrogen (secondary N) is 1. The van der Waals surface area contributed by atoms with Gasteiger partial charge in [-0.3, -0.25) is 9.59 Å². The number of Topliss-reactive ketones (excluding diaryl/α,β-unsaturated/α-hetero) is 1. The van der Waals surface area contributed by atoms with Crippen molar-refractivity contribution in [3.63, 3.8) is 0 Å². The van der Waals surface area contributed by atoms with Crippen LogP contribution in [0.1, 0.15) is 36.7 Å². The summed E-state index contributed by atoms with van der Waals surface area (Å²) >= 11 is 0. The van der Waals surface area contributed by atoms with Gasteiger partial charge in [0.2, 0.25) is 0 Å². The lowest BCUT2D eigenvalue weighted by Crippen LogP contribution is -2.34. The third kappa shape index (κ3) is 3.22. The molecule has 0 radical (unpaired) electrons. The minimum atomic E-state index is -0.455. The van der Waals surface area contributed by atoms with Gasteiger partial charge in [0.1, 0.15) is 0 Å². The van der Waals surface area contributed by atoms with Crippen LogP contribution in [-0.4, -0.2) is 30.8 Å². The van der Waals surface area contributed by atoms with Crippen LogP contribution in [0.25, 0.3) is 0 Å². The number of carbonyl (C=O) groups excluding carboxylic acids is 2. The first kappa shape index (κ1) is 15.4. The molecule has 0 aliphatic carbocycles. The highest BCUT2D eigenvalue weighted by atomic mass is 16.2. The molecule has 0 saturated carbocycles. The van der Waals surface area contributed by atoms with Crippen LogP contribution in [0.4, 0.5) is 5.69 Å². The summed E-state index contributed by atoms with van der Waals surface area (Å²) in [6.07, 6.45) is 0.847. The molecule has 1 aromatic rings. The molecule has 1 aliphatic heterocycles. The van der Waals surface area contributed by atoms with E-state index >= 15 is 0 Å². The maximum atomic E-state index is 12.2. The smallest absolute Gasteiger partial charge is 0.299 e. The summed E-state index contributed by atoms with van der Waals surface area (Å²) in [4.78, 5) is 25.8. The topological polar surface area (TPSA) is 49.4 Å². The van der Waals surface area contributed by atoms with E-state index in [9.17, 15) is 9.59 Å². The minimum absolute atomic E-state index is 0.358. The van der Waals surface area contributed by atoms with Crippen molar-refractivity contribution in [2.45, 2.75) is 33.2 Å². The Kier molecular flexibility index (Phi) is 4.58. The highest BCUT2D eigenvalue weighted by molar-refractivity contribution is 6.52. The number of amides is 1. The average Bonchev–Trinajstić information content (AvgIpc) is 2.70. The molecule has 0 saturated heterocycles. The molecule has 4 heteroatoms. The molecule has 1 amide bonds. The molecule has 0 aromatic heterocycles. The van der Waals surface area contributed by atoms with E-state index in [2.05, 4.69) is 25.7 Å². The molecule has 21 heavy (non-hydrogen) atoms. The minimum Gasteiger partial charge on any atom is -0.311 e. The van der Waals surface area contributed by atoms with Crippen molar-refractivity contribution in [3.8, 4) is 0 Å². The number of anilines is 1. The molecule has 0 atom stereocenters. The highest BCUT2D eigenvalue weighted by Gasteiger charge is 2.35. The Morgan fingerprint density at radius 1 is 1.33 bits per heavy atom. The first-order valence-corrected chi connectivity index (χ1v) is 7.33. The maximum Gasteiger partial charge on any atom is 0.299 e. The van der Waals surface area contributed by atoms with Gasteiger partial charge in [0.15, 0.2) is 0 Å². The third-order valence-corrected chi connectivity index (χ3v) is 3.59. The first-order chi connectivity index (χ1) is 9.93. The molecule has 0 spiro atoms. The summed E-state index contributed by atoms with van der Waals surface area (Å²) in [7, 11) is 0. The van der Waals surface area contributed by atoms with Crippen LogP contribution in [0.15, 0.2) is 30.4 Å². The van der Waals surface area contributed by atoms with Crippen molar-refractivity contribution in [3.05, 3.63) is 41.5 Å². The molecule has 0 unspecified atom stereocenters. The zero-order valence-corrected chi connectivity index (χ0v) is 12.9. The number of rotatable bonds is 6. The van der Waals surface area contributed by atoms with Gasteiger partial charge in [-0.2, -0.15) is 0 Å². The maximum absolute atomic E-state index is 12.2. The summed E-state index contributed by atoms with van der Waals surface area (Å²) in [6.45, 7) is 11.1. The third-order valence-electron chi connectivity index (χ3n) is 3.59. The fourth-order valence-corrected chi connectivity index (χ4v) is 2.35. The van der Waals surface area contributed by atoms with E-state index < -0.39 is 11.7 Å². The van der Waals surface area contributed by atoms with Crippen molar-refractivity contribution in [1.29, 1.82) is 0 Å². The zero-order chi connectivity index (χ0) is 15.6. The molecule has 1 aromatic carbocycles. The van der Waals surface area contributed by atoms with Gasteiger partial charge in [-0.15, -0.1) is 0 Å². The van der Waals surface area contributed by atoms with Crippen molar-refractivity contribution in [1.82, 2.24) is 5.32 Å². The molecular weight excluding hydrogens is 264 g/mol. The lowest BCUT2D eigenvalue weighted by molar-refractivity contribution is -0.114. The van der Waals surface area contributed by atoms with Gasteiger partial charge in [0.05, 0.1) is 11.3 Å². The van der Waals surface area contributed by atoms with Crippen molar-refractivity contribution >= 4 is 17.4 Å². The molecule has 1 heterocycles. The lowest BCUT2D eigenvalue weighted by atomic mass is 10.1. The predicted molar refractivity (Wildman–Crippen MR) is 84.8 cm³/mol. The summed E-state index contributed by atoms with van der Waals surface area (Å²) in [5, 5.41) is 3.27. The first-order valence-electron chi connectivity index (χ1n) is 7.33. The Morgan fingerprint density at radius 2 is 2.05 bits per heavy atom. The fraction of sp³-hybridized carbons (Fsp3) is 0.412. The number of carbonyl (C=O) groups is 2. The van der Waals surface area contributed by atoms with Gasteiger partial charge in [-0.05, 0) is 29.7 Å². The van der Waals surface area contributed by atoms with E-state index in [4.69, 9.17) is 0 Å². The summed E-state index contributed by atoms with van der Waals surface area (Å²) < 4.78 is 0. The van der Waals surface area contributed by atoms with E-state index in [1.165, 1.54) is 4.90 Å². The van der Waals surface area contributed by atoms with E-state index in [1.807, 2.05) is 25.1 Å². The zero-order valence-electron chi connectivity index (χ0n) is 12.9. The second-order valence-electron chi connectivity index (χ2n) is 5.71. The molecular formula is C17H22N2O2. The number of nitrogens with zero attached hydrogens (tertiary/aromatic N) is 1. The van der Waals surface area contributed by atoms with Crippen molar-refractivity contribution in [2.75, 3.05) is 18.0 Å². The fourth-order valence-electron chi connectivity index (χ4n) is 2.35. The van der Waals surface area contributed by atoms with Crippen LogP contribution in [-0.2, 0) is 11.2 Å². The second-order valence-corrected chi connectivity index (χ2v) is 5.71. The van der Waals surface area contributed by atoms with Gasteiger partial charge in [0, 0.05) is 19.1 Å². The normalized spacial score (nSPS) is 14.0. The monoisotopic (exact) mass is 286 g/mol. The molecule has 1 aliphatic rings. The molecule has 0 fully saturated rings. The average molecular weight is 286 g/mol. The Bertz CT molecular complexity index is 590. The largest absolute Gasteiger partial charge is 0.311 e. The quantitative estimate of drug-likeness (QED) is 0.645. The van der Waals surface area contributed by atoms with Crippen LogP contribution in [0.3, 0.4) is 0 Å². The standard InChI is InChI=1S/C17H22N2O2/c1-5-13-6-7-15-14(8-13)16(20)17(21)19(15)10-12(4)9-18-11(2)3/h6-8,11,18H,4-5,9-10H2,1-3H3. The van der Waals surface area contributed by atoms with Crippen LogP contribution < -0.4 is 10.2 Å². The van der Waals surface area contributed by atoms with Gasteiger partial charge in [-0.1, -0.05) is 33.4 Å². The molecule has 0 bridgehead atoms. The number of hydrogen-bond donors (Lipinski definition) is 1. The number of hydrogen-bond acceptors (Lipinski definition) is 3. The lowest BCUT2D eigenvalue weighted by Gasteiger charge is -2.19. The van der Waals surface area contributed by atoms with E-state index in [0.29, 0.717) is 30.4 Å². The van der Waals surface area contributed by atoms with E-state index in [1.54, 1.807) is 0 Å². The summed E-state index contributed by atoms with van der Waals surface area (Å²) in [5.74, 6) is -0.867. The van der Waals surface area contributed by atoms with E-state index in [0.717, 1.165) is 17.6 Å². The Morgan fingerprint density at radius 3 is 2.67 bits per heavy atom. The number of fused-ring (bicyclic) bond motifs is 1. The number of ketones is 1. The Hall–Kier alpha value is -1.94. The van der Waals surface area contributed by atoms with Gasteiger partial charge in [-0.25, -0.2) is 0 Å². The van der Waals surface area contributed by atoms with E-state index in [-0.39, 0.29) is 0 Å². The number of aryl methyl sites for hydroxylation is 1. The Labute approximate surface area is 125 Å². The Balaban J connectivity index is 2.17.